The molecule has 0 bridgehead atoms. The van der Waals surface area contributed by atoms with Gasteiger partial charge >= 0.3 is 5.97 Å². The molecule has 1 aromatic rings. The van der Waals surface area contributed by atoms with Crippen molar-refractivity contribution in [3.05, 3.63) is 36.0 Å². The summed E-state index contributed by atoms with van der Waals surface area (Å²) in [6.45, 7) is 2.87. The molecular formula is C16H19N3O4S. The lowest BCUT2D eigenvalue weighted by molar-refractivity contribution is -0.138. The van der Waals surface area contributed by atoms with Gasteiger partial charge in [-0.05, 0) is 38.0 Å². The van der Waals surface area contributed by atoms with Crippen LogP contribution in [-0.2, 0) is 19.6 Å². The minimum absolute atomic E-state index is 0.168. The molecule has 1 aromatic carbocycles. The first kappa shape index (κ1) is 18.0. The van der Waals surface area contributed by atoms with Gasteiger partial charge in [-0.15, -0.1) is 0 Å². The smallest absolute Gasteiger partial charge is 0.350 e. The van der Waals surface area contributed by atoms with Gasteiger partial charge in [-0.25, -0.2) is 13.2 Å². The topological polar surface area (TPSA) is 99.5 Å². The Labute approximate surface area is 141 Å². The summed E-state index contributed by atoms with van der Waals surface area (Å²) in [5.41, 5.74) is 0.275. The number of nitriles is 1. The highest BCUT2D eigenvalue weighted by molar-refractivity contribution is 7.89. The van der Waals surface area contributed by atoms with E-state index in [1.54, 1.807) is 25.1 Å². The monoisotopic (exact) mass is 349 g/mol. The van der Waals surface area contributed by atoms with E-state index in [0.29, 0.717) is 18.8 Å². The first-order valence-electron chi connectivity index (χ1n) is 7.63. The van der Waals surface area contributed by atoms with Crippen LogP contribution in [0.4, 0.5) is 5.69 Å². The summed E-state index contributed by atoms with van der Waals surface area (Å²) < 4.78 is 31.3. The Bertz CT molecular complexity index is 775. The van der Waals surface area contributed by atoms with Crippen LogP contribution in [0.5, 0.6) is 0 Å². The molecule has 1 heterocycles. The van der Waals surface area contributed by atoms with Gasteiger partial charge in [-0.3, -0.25) is 0 Å². The summed E-state index contributed by atoms with van der Waals surface area (Å²) in [6, 6.07) is 8.01. The summed E-state index contributed by atoms with van der Waals surface area (Å²) in [4.78, 5) is 11.7. The summed E-state index contributed by atoms with van der Waals surface area (Å²) in [7, 11) is -3.51. The van der Waals surface area contributed by atoms with Crippen LogP contribution in [-0.4, -0.2) is 38.4 Å². The first-order chi connectivity index (χ1) is 11.5. The number of nitrogens with zero attached hydrogens (tertiary/aromatic N) is 2. The van der Waals surface area contributed by atoms with Crippen LogP contribution >= 0.6 is 0 Å². The highest BCUT2D eigenvalue weighted by Gasteiger charge is 2.27. The van der Waals surface area contributed by atoms with Crippen molar-refractivity contribution < 1.29 is 17.9 Å². The summed E-state index contributed by atoms with van der Waals surface area (Å²) in [5, 5.41) is 11.7. The molecule has 0 atom stereocenters. The van der Waals surface area contributed by atoms with Gasteiger partial charge in [-0.1, -0.05) is 6.07 Å². The molecule has 1 N–H and O–H groups in total. The van der Waals surface area contributed by atoms with E-state index >= 15 is 0 Å². The van der Waals surface area contributed by atoms with Gasteiger partial charge in [0.15, 0.2) is 5.57 Å². The molecule has 24 heavy (non-hydrogen) atoms. The van der Waals surface area contributed by atoms with Gasteiger partial charge < -0.3 is 10.1 Å². The number of benzene rings is 1. The molecule has 0 aromatic heterocycles. The second kappa shape index (κ2) is 7.95. The number of anilines is 1. The highest BCUT2D eigenvalue weighted by Crippen LogP contribution is 2.23. The minimum atomic E-state index is -3.51. The zero-order valence-electron chi connectivity index (χ0n) is 13.4. The van der Waals surface area contributed by atoms with Gasteiger partial charge in [0.1, 0.15) is 6.07 Å². The molecule has 0 aliphatic carbocycles. The Morgan fingerprint density at radius 3 is 2.75 bits per heavy atom. The van der Waals surface area contributed by atoms with Gasteiger partial charge in [0.2, 0.25) is 10.0 Å². The second-order valence-corrected chi connectivity index (χ2v) is 7.11. The van der Waals surface area contributed by atoms with Crippen molar-refractivity contribution in [1.29, 1.82) is 5.26 Å². The van der Waals surface area contributed by atoms with Crippen molar-refractivity contribution in [2.45, 2.75) is 24.7 Å². The molecule has 0 amide bonds. The van der Waals surface area contributed by atoms with E-state index in [1.165, 1.54) is 22.6 Å². The third-order valence-electron chi connectivity index (χ3n) is 3.54. The van der Waals surface area contributed by atoms with E-state index in [9.17, 15) is 13.2 Å². The Morgan fingerprint density at radius 2 is 2.12 bits per heavy atom. The molecule has 2 rings (SSSR count). The first-order valence-corrected chi connectivity index (χ1v) is 9.07. The summed E-state index contributed by atoms with van der Waals surface area (Å²) >= 11 is 0. The SMILES string of the molecule is CCOC(=O)/C(C#N)=C/Nc1cccc(S(=O)(=O)N2CCCC2)c1. The van der Waals surface area contributed by atoms with Crippen LogP contribution in [0.3, 0.4) is 0 Å². The Morgan fingerprint density at radius 1 is 1.42 bits per heavy atom. The van der Waals surface area contributed by atoms with Crippen LogP contribution in [0, 0.1) is 11.3 Å². The average Bonchev–Trinajstić information content (AvgIpc) is 3.11. The maximum atomic E-state index is 12.5. The molecule has 1 saturated heterocycles. The predicted octanol–water partition coefficient (Wildman–Crippen LogP) is 1.85. The number of hydrogen-bond acceptors (Lipinski definition) is 6. The molecule has 0 radical (unpaired) electrons. The van der Waals surface area contributed by atoms with Crippen molar-refractivity contribution in [3.8, 4) is 6.07 Å². The number of ether oxygens (including phenoxy) is 1. The Kier molecular flexibility index (Phi) is 5.95. The fraction of sp³-hybridized carbons (Fsp3) is 0.375. The van der Waals surface area contributed by atoms with Crippen LogP contribution in [0.2, 0.25) is 0 Å². The Hall–Kier alpha value is -2.37. The van der Waals surface area contributed by atoms with Crippen LogP contribution in [0.1, 0.15) is 19.8 Å². The molecule has 7 nitrogen and oxygen atoms in total. The van der Waals surface area contributed by atoms with Crippen molar-refractivity contribution >= 4 is 21.7 Å². The molecular weight excluding hydrogens is 330 g/mol. The van der Waals surface area contributed by atoms with Crippen LogP contribution in [0.25, 0.3) is 0 Å². The van der Waals surface area contributed by atoms with E-state index < -0.39 is 16.0 Å². The molecule has 0 spiro atoms. The van der Waals surface area contributed by atoms with Crippen LogP contribution < -0.4 is 5.32 Å². The van der Waals surface area contributed by atoms with Crippen molar-refractivity contribution in [2.75, 3.05) is 25.0 Å². The van der Waals surface area contributed by atoms with Gasteiger partial charge in [-0.2, -0.15) is 9.57 Å². The molecule has 1 aliphatic heterocycles. The maximum Gasteiger partial charge on any atom is 0.350 e. The number of esters is 1. The third kappa shape index (κ3) is 4.13. The standard InChI is InChI=1S/C16H19N3O4S/c1-2-23-16(20)13(11-17)12-18-14-6-5-7-15(10-14)24(21,22)19-8-3-4-9-19/h5-7,10,12,18H,2-4,8-9H2,1H3/b13-12+. The Balaban J connectivity index is 2.19. The van der Waals surface area contributed by atoms with Gasteiger partial charge in [0.05, 0.1) is 11.5 Å². The molecule has 0 unspecified atom stereocenters. The lowest BCUT2D eigenvalue weighted by Crippen LogP contribution is -2.27. The lowest BCUT2D eigenvalue weighted by Gasteiger charge is -2.16. The molecule has 8 heteroatoms. The largest absolute Gasteiger partial charge is 0.462 e. The normalized spacial score (nSPS) is 15.8. The number of rotatable bonds is 6. The zero-order chi connectivity index (χ0) is 17.6. The maximum absolute atomic E-state index is 12.5. The number of carbonyl (C=O) groups excluding carboxylic acids is 1. The minimum Gasteiger partial charge on any atom is -0.462 e. The molecule has 128 valence electrons. The quantitative estimate of drug-likeness (QED) is 0.478. The second-order valence-electron chi connectivity index (χ2n) is 5.17. The van der Waals surface area contributed by atoms with Gasteiger partial charge in [0, 0.05) is 25.0 Å². The zero-order valence-corrected chi connectivity index (χ0v) is 14.2. The summed E-state index contributed by atoms with van der Waals surface area (Å²) in [5.74, 6) is -0.728. The number of carbonyl (C=O) groups is 1. The number of hydrogen-bond donors (Lipinski definition) is 1. The molecule has 0 saturated carbocycles. The molecule has 1 fully saturated rings. The molecule has 1 aliphatic rings. The van der Waals surface area contributed by atoms with E-state index in [4.69, 9.17) is 10.00 Å². The van der Waals surface area contributed by atoms with Crippen molar-refractivity contribution in [1.82, 2.24) is 4.31 Å². The van der Waals surface area contributed by atoms with E-state index in [2.05, 4.69) is 5.32 Å². The fourth-order valence-corrected chi connectivity index (χ4v) is 3.89. The average molecular weight is 349 g/mol. The number of nitrogens with one attached hydrogen (secondary N) is 1. The van der Waals surface area contributed by atoms with Crippen molar-refractivity contribution in [2.24, 2.45) is 0 Å². The van der Waals surface area contributed by atoms with Crippen molar-refractivity contribution in [3.63, 3.8) is 0 Å². The van der Waals surface area contributed by atoms with Gasteiger partial charge in [0.25, 0.3) is 0 Å². The van der Waals surface area contributed by atoms with E-state index in [-0.39, 0.29) is 17.1 Å². The lowest BCUT2D eigenvalue weighted by atomic mass is 10.3. The predicted molar refractivity (Wildman–Crippen MR) is 88.4 cm³/mol. The van der Waals surface area contributed by atoms with E-state index in [0.717, 1.165) is 12.8 Å². The third-order valence-corrected chi connectivity index (χ3v) is 5.43. The fourth-order valence-electron chi connectivity index (χ4n) is 2.33. The van der Waals surface area contributed by atoms with E-state index in [1.807, 2.05) is 0 Å². The number of sulfonamides is 1. The van der Waals surface area contributed by atoms with Crippen LogP contribution in [0.15, 0.2) is 40.9 Å². The highest BCUT2D eigenvalue weighted by atomic mass is 32.2. The summed E-state index contributed by atoms with van der Waals surface area (Å²) in [6.07, 6.45) is 2.94.